The van der Waals surface area contributed by atoms with E-state index in [1.807, 2.05) is 29.6 Å². The fraction of sp³-hybridized carbons (Fsp3) is 0.133. The number of benzene rings is 1. The lowest BCUT2D eigenvalue weighted by Gasteiger charge is -2.11. The van der Waals surface area contributed by atoms with E-state index in [4.69, 9.17) is 0 Å². The Hall–Kier alpha value is -2.47. The Labute approximate surface area is 125 Å². The van der Waals surface area contributed by atoms with Crippen molar-refractivity contribution in [1.82, 2.24) is 9.97 Å². The van der Waals surface area contributed by atoms with E-state index in [9.17, 15) is 9.90 Å². The molecule has 0 atom stereocenters. The molecular formula is C15H13N3O2S. The van der Waals surface area contributed by atoms with Gasteiger partial charge in [0.2, 0.25) is 0 Å². The Morgan fingerprint density at radius 2 is 2.14 bits per heavy atom. The van der Waals surface area contributed by atoms with E-state index >= 15 is 0 Å². The SMILES string of the molecule is O=C(O)c1cnc2ccccc2c1NCCc1nccs1. The van der Waals surface area contributed by atoms with Crippen molar-refractivity contribution >= 4 is 33.9 Å². The molecule has 0 aliphatic rings. The van der Waals surface area contributed by atoms with Crippen LogP contribution in [0, 0.1) is 0 Å². The Balaban J connectivity index is 1.90. The van der Waals surface area contributed by atoms with Crippen LogP contribution in [0.1, 0.15) is 15.4 Å². The van der Waals surface area contributed by atoms with Gasteiger partial charge in [-0.1, -0.05) is 18.2 Å². The predicted octanol–water partition coefficient (Wildman–Crippen LogP) is 3.04. The van der Waals surface area contributed by atoms with Crippen LogP contribution in [0.3, 0.4) is 0 Å². The van der Waals surface area contributed by atoms with Crippen LogP contribution in [0.25, 0.3) is 10.9 Å². The largest absolute Gasteiger partial charge is 0.478 e. The number of rotatable bonds is 5. The highest BCUT2D eigenvalue weighted by atomic mass is 32.1. The Kier molecular flexibility index (Phi) is 3.79. The topological polar surface area (TPSA) is 75.1 Å². The molecule has 0 unspecified atom stereocenters. The number of hydrogen-bond donors (Lipinski definition) is 2. The number of fused-ring (bicyclic) bond motifs is 1. The summed E-state index contributed by atoms with van der Waals surface area (Å²) in [4.78, 5) is 19.8. The van der Waals surface area contributed by atoms with Gasteiger partial charge >= 0.3 is 5.97 Å². The molecule has 2 heterocycles. The molecule has 0 amide bonds. The third kappa shape index (κ3) is 2.85. The summed E-state index contributed by atoms with van der Waals surface area (Å²) in [6.07, 6.45) is 3.92. The third-order valence-electron chi connectivity index (χ3n) is 3.13. The fourth-order valence-corrected chi connectivity index (χ4v) is 2.79. The molecular weight excluding hydrogens is 286 g/mol. The van der Waals surface area contributed by atoms with Crippen LogP contribution in [-0.2, 0) is 6.42 Å². The molecule has 5 nitrogen and oxygen atoms in total. The second-order valence-corrected chi connectivity index (χ2v) is 5.45. The smallest absolute Gasteiger partial charge is 0.339 e. The molecule has 0 aliphatic carbocycles. The number of aromatic nitrogens is 2. The van der Waals surface area contributed by atoms with Gasteiger partial charge in [0, 0.05) is 36.1 Å². The van der Waals surface area contributed by atoms with Crippen molar-refractivity contribution in [3.8, 4) is 0 Å². The van der Waals surface area contributed by atoms with E-state index in [-0.39, 0.29) is 5.56 Å². The highest BCUT2D eigenvalue weighted by molar-refractivity contribution is 7.09. The van der Waals surface area contributed by atoms with E-state index < -0.39 is 5.97 Å². The summed E-state index contributed by atoms with van der Waals surface area (Å²) in [6, 6.07) is 7.50. The normalized spacial score (nSPS) is 10.7. The maximum Gasteiger partial charge on any atom is 0.339 e. The van der Waals surface area contributed by atoms with Crippen LogP contribution in [-0.4, -0.2) is 27.6 Å². The maximum atomic E-state index is 11.4. The third-order valence-corrected chi connectivity index (χ3v) is 3.97. The average molecular weight is 299 g/mol. The molecule has 2 aromatic heterocycles. The molecule has 0 aliphatic heterocycles. The minimum absolute atomic E-state index is 0.188. The number of anilines is 1. The molecule has 106 valence electrons. The van der Waals surface area contributed by atoms with Gasteiger partial charge < -0.3 is 10.4 Å². The lowest BCUT2D eigenvalue weighted by atomic mass is 10.1. The van der Waals surface area contributed by atoms with Crippen molar-refractivity contribution in [1.29, 1.82) is 0 Å². The number of nitrogens with zero attached hydrogens (tertiary/aromatic N) is 2. The molecule has 2 N–H and O–H groups in total. The first-order valence-electron chi connectivity index (χ1n) is 6.49. The Morgan fingerprint density at radius 1 is 1.29 bits per heavy atom. The molecule has 1 aromatic carbocycles. The minimum Gasteiger partial charge on any atom is -0.478 e. The number of pyridine rings is 1. The molecule has 21 heavy (non-hydrogen) atoms. The number of hydrogen-bond acceptors (Lipinski definition) is 5. The molecule has 3 rings (SSSR count). The van der Waals surface area contributed by atoms with Crippen LogP contribution in [0.4, 0.5) is 5.69 Å². The van der Waals surface area contributed by atoms with Crippen LogP contribution < -0.4 is 5.32 Å². The monoisotopic (exact) mass is 299 g/mol. The van der Waals surface area contributed by atoms with E-state index in [0.29, 0.717) is 12.2 Å². The summed E-state index contributed by atoms with van der Waals surface area (Å²) < 4.78 is 0. The quantitative estimate of drug-likeness (QED) is 0.757. The number of thiazole rings is 1. The van der Waals surface area contributed by atoms with E-state index in [1.165, 1.54) is 6.20 Å². The fourth-order valence-electron chi connectivity index (χ4n) is 2.16. The van der Waals surface area contributed by atoms with Crippen molar-refractivity contribution in [3.05, 3.63) is 52.6 Å². The number of carbonyl (C=O) groups is 1. The number of carboxylic acid groups (broad SMARTS) is 1. The molecule has 0 fully saturated rings. The van der Waals surface area contributed by atoms with Crippen molar-refractivity contribution in [2.24, 2.45) is 0 Å². The first-order valence-corrected chi connectivity index (χ1v) is 7.37. The summed E-state index contributed by atoms with van der Waals surface area (Å²) in [7, 11) is 0. The van der Waals surface area contributed by atoms with Gasteiger partial charge in [0.15, 0.2) is 0 Å². The van der Waals surface area contributed by atoms with Crippen molar-refractivity contribution in [3.63, 3.8) is 0 Å². The average Bonchev–Trinajstić information content (AvgIpc) is 3.00. The summed E-state index contributed by atoms with van der Waals surface area (Å²) in [5, 5.41) is 16.3. The van der Waals surface area contributed by atoms with Crippen LogP contribution >= 0.6 is 11.3 Å². The predicted molar refractivity (Wildman–Crippen MR) is 83.0 cm³/mol. The lowest BCUT2D eigenvalue weighted by Crippen LogP contribution is -2.10. The first-order chi connectivity index (χ1) is 10.3. The summed E-state index contributed by atoms with van der Waals surface area (Å²) in [6.45, 7) is 0.627. The van der Waals surface area contributed by atoms with Gasteiger partial charge in [-0.25, -0.2) is 9.78 Å². The van der Waals surface area contributed by atoms with Crippen LogP contribution in [0.5, 0.6) is 0 Å². The van der Waals surface area contributed by atoms with E-state index in [2.05, 4.69) is 15.3 Å². The van der Waals surface area contributed by atoms with Gasteiger partial charge in [0.25, 0.3) is 0 Å². The second kappa shape index (κ2) is 5.88. The summed E-state index contributed by atoms with van der Waals surface area (Å²) >= 11 is 1.59. The molecule has 0 spiro atoms. The Morgan fingerprint density at radius 3 is 2.90 bits per heavy atom. The van der Waals surface area contributed by atoms with Gasteiger partial charge in [0.1, 0.15) is 5.56 Å². The number of carboxylic acids is 1. The zero-order valence-electron chi connectivity index (χ0n) is 11.1. The van der Waals surface area contributed by atoms with Crippen molar-refractivity contribution in [2.45, 2.75) is 6.42 Å². The Bertz CT molecular complexity index is 772. The van der Waals surface area contributed by atoms with Gasteiger partial charge in [-0.3, -0.25) is 4.98 Å². The zero-order valence-corrected chi connectivity index (χ0v) is 11.9. The zero-order chi connectivity index (χ0) is 14.7. The van der Waals surface area contributed by atoms with E-state index in [1.54, 1.807) is 17.5 Å². The van der Waals surface area contributed by atoms with Gasteiger partial charge in [-0.2, -0.15) is 0 Å². The van der Waals surface area contributed by atoms with Gasteiger partial charge in [-0.15, -0.1) is 11.3 Å². The highest BCUT2D eigenvalue weighted by Crippen LogP contribution is 2.25. The molecule has 3 aromatic rings. The first kappa shape index (κ1) is 13.5. The maximum absolute atomic E-state index is 11.4. The van der Waals surface area contributed by atoms with E-state index in [0.717, 1.165) is 22.3 Å². The summed E-state index contributed by atoms with van der Waals surface area (Å²) in [5.74, 6) is -0.981. The molecule has 6 heteroatoms. The van der Waals surface area contributed by atoms with Gasteiger partial charge in [-0.05, 0) is 6.07 Å². The second-order valence-electron chi connectivity index (χ2n) is 4.47. The summed E-state index contributed by atoms with van der Waals surface area (Å²) in [5.41, 5.74) is 1.58. The van der Waals surface area contributed by atoms with Gasteiger partial charge in [0.05, 0.1) is 16.2 Å². The van der Waals surface area contributed by atoms with Crippen LogP contribution in [0.2, 0.25) is 0 Å². The molecule has 0 bridgehead atoms. The molecule has 0 radical (unpaired) electrons. The number of para-hydroxylation sites is 1. The lowest BCUT2D eigenvalue weighted by molar-refractivity contribution is 0.0697. The van der Waals surface area contributed by atoms with Crippen LogP contribution in [0.15, 0.2) is 42.0 Å². The van der Waals surface area contributed by atoms with Crippen molar-refractivity contribution in [2.75, 3.05) is 11.9 Å². The minimum atomic E-state index is -0.981. The standard InChI is InChI=1S/C15H13N3O2S/c19-15(20)11-9-18-12-4-2-1-3-10(12)14(11)17-6-5-13-16-7-8-21-13/h1-4,7-9H,5-6H2,(H,17,18)(H,19,20). The molecule has 0 saturated carbocycles. The number of nitrogens with one attached hydrogen (secondary N) is 1. The highest BCUT2D eigenvalue weighted by Gasteiger charge is 2.14. The number of aromatic carboxylic acids is 1. The molecule has 0 saturated heterocycles. The van der Waals surface area contributed by atoms with Crippen molar-refractivity contribution < 1.29 is 9.90 Å².